The van der Waals surface area contributed by atoms with E-state index in [4.69, 9.17) is 4.98 Å². The monoisotopic (exact) mass is 498 g/mol. The Bertz CT molecular complexity index is 1500. The second kappa shape index (κ2) is 9.51. The summed E-state index contributed by atoms with van der Waals surface area (Å²) in [4.78, 5) is 53.3. The van der Waals surface area contributed by atoms with Gasteiger partial charge in [0, 0.05) is 35.2 Å². The summed E-state index contributed by atoms with van der Waals surface area (Å²) in [6, 6.07) is 21.0. The number of thiazole rings is 1. The maximum Gasteiger partial charge on any atom is 0.270 e. The number of hydrogen-bond acceptors (Lipinski definition) is 7. The molecule has 0 fully saturated rings. The molecule has 0 saturated carbocycles. The molecule has 178 valence electrons. The van der Waals surface area contributed by atoms with Crippen LogP contribution in [0, 0.1) is 10.1 Å². The van der Waals surface area contributed by atoms with Gasteiger partial charge in [0.15, 0.2) is 0 Å². The molecule has 0 atom stereocenters. The third-order valence-electron chi connectivity index (χ3n) is 5.73. The standard InChI is InChI=1S/C26H18N4O5S/c31-23(14-29-25(32)20-11-10-19(30(34)35)12-21(20)26(29)33)27-13-16-6-8-18(9-7-16)24-28-22(15-36-24)17-4-2-1-3-5-17/h1-12,15H,13-14H2,(H,27,31). The van der Waals surface area contributed by atoms with Gasteiger partial charge in [0.05, 0.1) is 21.7 Å². The summed E-state index contributed by atoms with van der Waals surface area (Å²) < 4.78 is 0. The van der Waals surface area contributed by atoms with E-state index in [1.807, 2.05) is 60.0 Å². The van der Waals surface area contributed by atoms with Gasteiger partial charge < -0.3 is 5.32 Å². The van der Waals surface area contributed by atoms with E-state index in [-0.39, 0.29) is 23.4 Å². The van der Waals surface area contributed by atoms with Gasteiger partial charge in [-0.15, -0.1) is 11.3 Å². The van der Waals surface area contributed by atoms with Gasteiger partial charge >= 0.3 is 0 Å². The zero-order valence-corrected chi connectivity index (χ0v) is 19.5. The first-order valence-corrected chi connectivity index (χ1v) is 11.8. The quantitative estimate of drug-likeness (QED) is 0.230. The van der Waals surface area contributed by atoms with E-state index in [0.717, 1.165) is 44.4 Å². The molecule has 4 aromatic rings. The molecule has 9 nitrogen and oxygen atoms in total. The van der Waals surface area contributed by atoms with Gasteiger partial charge in [-0.1, -0.05) is 54.6 Å². The van der Waals surface area contributed by atoms with E-state index < -0.39 is 29.2 Å². The van der Waals surface area contributed by atoms with Crippen LogP contribution in [-0.4, -0.2) is 39.1 Å². The zero-order valence-electron chi connectivity index (χ0n) is 18.7. The number of nitro groups is 1. The highest BCUT2D eigenvalue weighted by atomic mass is 32.1. The predicted octanol–water partition coefficient (Wildman–Crippen LogP) is 4.30. The minimum absolute atomic E-state index is 0.0478. The molecule has 36 heavy (non-hydrogen) atoms. The Balaban J connectivity index is 1.19. The van der Waals surface area contributed by atoms with Gasteiger partial charge in [-0.2, -0.15) is 0 Å². The van der Waals surface area contributed by atoms with Crippen molar-refractivity contribution in [3.8, 4) is 21.8 Å². The lowest BCUT2D eigenvalue weighted by Crippen LogP contribution is -2.40. The molecule has 3 aromatic carbocycles. The molecule has 5 rings (SSSR count). The van der Waals surface area contributed by atoms with Gasteiger partial charge in [0.25, 0.3) is 17.5 Å². The van der Waals surface area contributed by atoms with Crippen molar-refractivity contribution < 1.29 is 19.3 Å². The Morgan fingerprint density at radius 1 is 0.944 bits per heavy atom. The van der Waals surface area contributed by atoms with E-state index in [2.05, 4.69) is 5.32 Å². The fraction of sp³-hybridized carbons (Fsp3) is 0.0769. The second-order valence-corrected chi connectivity index (χ2v) is 8.92. The van der Waals surface area contributed by atoms with Crippen molar-refractivity contribution in [2.75, 3.05) is 6.54 Å². The minimum Gasteiger partial charge on any atom is -0.350 e. The summed E-state index contributed by atoms with van der Waals surface area (Å²) in [5.74, 6) is -1.89. The Kier molecular flexibility index (Phi) is 6.09. The van der Waals surface area contributed by atoms with Gasteiger partial charge in [0.1, 0.15) is 11.6 Å². The van der Waals surface area contributed by atoms with E-state index in [9.17, 15) is 24.5 Å². The van der Waals surface area contributed by atoms with Crippen LogP contribution in [0.15, 0.2) is 78.2 Å². The maximum absolute atomic E-state index is 12.6. The first-order valence-electron chi connectivity index (χ1n) is 10.9. The molecule has 0 radical (unpaired) electrons. The fourth-order valence-electron chi connectivity index (χ4n) is 3.85. The number of nitro benzene ring substituents is 1. The van der Waals surface area contributed by atoms with E-state index >= 15 is 0 Å². The molecule has 1 aliphatic rings. The molecule has 0 saturated heterocycles. The average Bonchev–Trinajstić information content (AvgIpc) is 3.48. The Hall–Kier alpha value is -4.70. The molecule has 0 bridgehead atoms. The zero-order chi connectivity index (χ0) is 25.2. The fourth-order valence-corrected chi connectivity index (χ4v) is 4.68. The minimum atomic E-state index is -0.725. The number of nitrogens with one attached hydrogen (secondary N) is 1. The Labute approximate surface area is 209 Å². The summed E-state index contributed by atoms with van der Waals surface area (Å²) in [5, 5.41) is 16.6. The number of nitrogens with zero attached hydrogens (tertiary/aromatic N) is 3. The first-order chi connectivity index (χ1) is 17.4. The van der Waals surface area contributed by atoms with Crippen LogP contribution in [-0.2, 0) is 11.3 Å². The highest BCUT2D eigenvalue weighted by Gasteiger charge is 2.37. The number of rotatable bonds is 7. The summed E-state index contributed by atoms with van der Waals surface area (Å²) in [6.07, 6.45) is 0. The summed E-state index contributed by atoms with van der Waals surface area (Å²) in [5.41, 5.74) is 3.44. The third-order valence-corrected chi connectivity index (χ3v) is 6.62. The molecule has 0 spiro atoms. The summed E-state index contributed by atoms with van der Waals surface area (Å²) in [7, 11) is 0. The first kappa shape index (κ1) is 23.1. The predicted molar refractivity (Wildman–Crippen MR) is 133 cm³/mol. The maximum atomic E-state index is 12.6. The average molecular weight is 499 g/mol. The van der Waals surface area contributed by atoms with Crippen LogP contribution in [0.3, 0.4) is 0 Å². The number of fused-ring (bicyclic) bond motifs is 1. The van der Waals surface area contributed by atoms with Gasteiger partial charge in [-0.25, -0.2) is 4.98 Å². The van der Waals surface area contributed by atoms with Crippen LogP contribution >= 0.6 is 11.3 Å². The lowest BCUT2D eigenvalue weighted by Gasteiger charge is -2.13. The molecule has 0 aliphatic carbocycles. The molecular weight excluding hydrogens is 480 g/mol. The molecular formula is C26H18N4O5S. The van der Waals surface area contributed by atoms with Crippen molar-refractivity contribution in [3.05, 3.63) is 105 Å². The number of aromatic nitrogens is 1. The van der Waals surface area contributed by atoms with Crippen molar-refractivity contribution in [3.63, 3.8) is 0 Å². The van der Waals surface area contributed by atoms with Crippen molar-refractivity contribution in [2.24, 2.45) is 0 Å². The third kappa shape index (κ3) is 4.49. The van der Waals surface area contributed by atoms with E-state index in [0.29, 0.717) is 0 Å². The lowest BCUT2D eigenvalue weighted by molar-refractivity contribution is -0.384. The van der Waals surface area contributed by atoms with Crippen LogP contribution < -0.4 is 5.32 Å². The number of amides is 3. The number of imide groups is 1. The highest BCUT2D eigenvalue weighted by molar-refractivity contribution is 7.13. The van der Waals surface area contributed by atoms with Crippen molar-refractivity contribution in [1.29, 1.82) is 0 Å². The van der Waals surface area contributed by atoms with Gasteiger partial charge in [-0.05, 0) is 11.6 Å². The van der Waals surface area contributed by atoms with Crippen LogP contribution in [0.1, 0.15) is 26.3 Å². The smallest absolute Gasteiger partial charge is 0.270 e. The topological polar surface area (TPSA) is 123 Å². The molecule has 2 heterocycles. The van der Waals surface area contributed by atoms with Crippen molar-refractivity contribution in [1.82, 2.24) is 15.2 Å². The normalized spacial score (nSPS) is 12.5. The second-order valence-electron chi connectivity index (χ2n) is 8.06. The Morgan fingerprint density at radius 2 is 1.67 bits per heavy atom. The summed E-state index contributed by atoms with van der Waals surface area (Å²) in [6.45, 7) is -0.263. The summed E-state index contributed by atoms with van der Waals surface area (Å²) >= 11 is 1.55. The molecule has 10 heteroatoms. The van der Waals surface area contributed by atoms with Crippen molar-refractivity contribution >= 4 is 34.7 Å². The van der Waals surface area contributed by atoms with Crippen LogP contribution in [0.25, 0.3) is 21.8 Å². The van der Waals surface area contributed by atoms with Gasteiger partial charge in [0.2, 0.25) is 5.91 Å². The Morgan fingerprint density at radius 3 is 2.39 bits per heavy atom. The van der Waals surface area contributed by atoms with E-state index in [1.54, 1.807) is 11.3 Å². The molecule has 3 amide bonds. The van der Waals surface area contributed by atoms with Gasteiger partial charge in [-0.3, -0.25) is 29.4 Å². The highest BCUT2D eigenvalue weighted by Crippen LogP contribution is 2.29. The molecule has 1 N–H and O–H groups in total. The number of hydrogen-bond donors (Lipinski definition) is 1. The van der Waals surface area contributed by atoms with Crippen LogP contribution in [0.5, 0.6) is 0 Å². The van der Waals surface area contributed by atoms with Crippen molar-refractivity contribution in [2.45, 2.75) is 6.54 Å². The number of benzene rings is 3. The van der Waals surface area contributed by atoms with Crippen LogP contribution in [0.4, 0.5) is 5.69 Å². The van der Waals surface area contributed by atoms with E-state index in [1.165, 1.54) is 6.07 Å². The number of non-ortho nitro benzene ring substituents is 1. The number of carbonyl (C=O) groups is 3. The molecule has 1 aromatic heterocycles. The lowest BCUT2D eigenvalue weighted by atomic mass is 10.1. The largest absolute Gasteiger partial charge is 0.350 e. The molecule has 1 aliphatic heterocycles. The van der Waals surface area contributed by atoms with Crippen LogP contribution in [0.2, 0.25) is 0 Å². The number of carbonyl (C=O) groups excluding carboxylic acids is 3. The SMILES string of the molecule is O=C(CN1C(=O)c2ccc([N+](=O)[O-])cc2C1=O)NCc1ccc(-c2nc(-c3ccccc3)cs2)cc1. The molecule has 0 unspecified atom stereocenters.